The second-order valence-electron chi connectivity index (χ2n) is 5.35. The lowest BCUT2D eigenvalue weighted by atomic mass is 10.2. The van der Waals surface area contributed by atoms with E-state index in [1.165, 1.54) is 43.5 Å². The number of halogens is 1. The molecule has 1 amide bonds. The molecule has 2 aromatic rings. The first-order valence-corrected chi connectivity index (χ1v) is 8.98. The Kier molecular flexibility index (Phi) is 6.24. The molecule has 0 bridgehead atoms. The molecule has 0 atom stereocenters. The summed E-state index contributed by atoms with van der Waals surface area (Å²) in [5.74, 6) is -1.06. The van der Waals surface area contributed by atoms with Gasteiger partial charge >= 0.3 is 0 Å². The van der Waals surface area contributed by atoms with E-state index in [9.17, 15) is 17.6 Å². The Hall–Kier alpha value is -2.29. The molecule has 0 aliphatic carbocycles. The summed E-state index contributed by atoms with van der Waals surface area (Å²) >= 11 is 0. The largest absolute Gasteiger partial charge is 0.383 e. The molecule has 0 fully saturated rings. The van der Waals surface area contributed by atoms with Crippen LogP contribution in [0.15, 0.2) is 47.4 Å². The average Bonchev–Trinajstić information content (AvgIpc) is 2.57. The maximum Gasteiger partial charge on any atom is 0.255 e. The number of hydrogen-bond donors (Lipinski definition) is 2. The SMILES string of the molecule is COCCNS(=O)(=O)c1ccc(C(=O)Nc2ccc(C)cc2F)cc1. The Morgan fingerprint density at radius 1 is 1.16 bits per heavy atom. The Morgan fingerprint density at radius 2 is 1.84 bits per heavy atom. The van der Waals surface area contributed by atoms with Gasteiger partial charge < -0.3 is 10.1 Å². The van der Waals surface area contributed by atoms with Crippen LogP contribution < -0.4 is 10.0 Å². The van der Waals surface area contributed by atoms with Crippen LogP contribution in [0.1, 0.15) is 15.9 Å². The number of amides is 1. The van der Waals surface area contributed by atoms with Gasteiger partial charge in [0.25, 0.3) is 5.91 Å². The van der Waals surface area contributed by atoms with Gasteiger partial charge in [0.2, 0.25) is 10.0 Å². The van der Waals surface area contributed by atoms with Crippen molar-refractivity contribution in [3.8, 4) is 0 Å². The minimum atomic E-state index is -3.67. The van der Waals surface area contributed by atoms with Crippen molar-refractivity contribution < 1.29 is 22.3 Å². The van der Waals surface area contributed by atoms with Crippen LogP contribution in [0.4, 0.5) is 10.1 Å². The van der Waals surface area contributed by atoms with E-state index in [0.29, 0.717) is 0 Å². The van der Waals surface area contributed by atoms with E-state index in [2.05, 4.69) is 10.0 Å². The fraction of sp³-hybridized carbons (Fsp3) is 0.235. The normalized spacial score (nSPS) is 11.3. The summed E-state index contributed by atoms with van der Waals surface area (Å²) in [5, 5.41) is 2.46. The number of benzene rings is 2. The predicted molar refractivity (Wildman–Crippen MR) is 92.6 cm³/mol. The van der Waals surface area contributed by atoms with E-state index in [-0.39, 0.29) is 29.3 Å². The van der Waals surface area contributed by atoms with Gasteiger partial charge in [-0.1, -0.05) is 6.07 Å². The van der Waals surface area contributed by atoms with Gasteiger partial charge in [-0.2, -0.15) is 0 Å². The third kappa shape index (κ3) is 5.09. The molecule has 2 N–H and O–H groups in total. The number of ether oxygens (including phenoxy) is 1. The highest BCUT2D eigenvalue weighted by Crippen LogP contribution is 2.17. The monoisotopic (exact) mass is 366 g/mol. The lowest BCUT2D eigenvalue weighted by Gasteiger charge is -2.09. The number of nitrogens with one attached hydrogen (secondary N) is 2. The molecule has 0 spiro atoms. The zero-order chi connectivity index (χ0) is 18.4. The standard InChI is InChI=1S/C17H19FN2O4S/c1-12-3-8-16(15(18)11-12)20-17(21)13-4-6-14(7-5-13)25(22,23)19-9-10-24-2/h3-8,11,19H,9-10H2,1-2H3,(H,20,21). The molecule has 0 aromatic heterocycles. The lowest BCUT2D eigenvalue weighted by molar-refractivity contribution is 0.102. The van der Waals surface area contributed by atoms with E-state index in [4.69, 9.17) is 4.74 Å². The average molecular weight is 366 g/mol. The third-order valence-corrected chi connectivity index (χ3v) is 4.87. The number of anilines is 1. The van der Waals surface area contributed by atoms with Crippen LogP contribution in [0, 0.1) is 12.7 Å². The van der Waals surface area contributed by atoms with Crippen LogP contribution in [-0.2, 0) is 14.8 Å². The minimum absolute atomic E-state index is 0.0293. The molecule has 0 aliphatic heterocycles. The Balaban J connectivity index is 2.09. The Bertz CT molecular complexity index is 851. The van der Waals surface area contributed by atoms with E-state index in [0.717, 1.165) is 5.56 Å². The van der Waals surface area contributed by atoms with Gasteiger partial charge in [-0.3, -0.25) is 4.79 Å². The van der Waals surface area contributed by atoms with Crippen molar-refractivity contribution >= 4 is 21.6 Å². The van der Waals surface area contributed by atoms with Gasteiger partial charge in [-0.15, -0.1) is 0 Å². The molecule has 0 radical (unpaired) electrons. The third-order valence-electron chi connectivity index (χ3n) is 3.40. The lowest BCUT2D eigenvalue weighted by Crippen LogP contribution is -2.27. The number of rotatable bonds is 7. The van der Waals surface area contributed by atoms with E-state index in [1.807, 2.05) is 0 Å². The van der Waals surface area contributed by atoms with E-state index in [1.54, 1.807) is 13.0 Å². The highest BCUT2D eigenvalue weighted by atomic mass is 32.2. The highest BCUT2D eigenvalue weighted by molar-refractivity contribution is 7.89. The van der Waals surface area contributed by atoms with Crippen molar-refractivity contribution in [3.05, 3.63) is 59.4 Å². The number of carbonyl (C=O) groups is 1. The van der Waals surface area contributed by atoms with Crippen molar-refractivity contribution in [1.82, 2.24) is 4.72 Å². The summed E-state index contributed by atoms with van der Waals surface area (Å²) in [6.45, 7) is 2.14. The second-order valence-corrected chi connectivity index (χ2v) is 7.12. The fourth-order valence-corrected chi connectivity index (χ4v) is 3.08. The molecule has 6 nitrogen and oxygen atoms in total. The first-order valence-electron chi connectivity index (χ1n) is 7.49. The van der Waals surface area contributed by atoms with Gasteiger partial charge in [0.1, 0.15) is 5.82 Å². The highest BCUT2D eigenvalue weighted by Gasteiger charge is 2.15. The Morgan fingerprint density at radius 3 is 2.44 bits per heavy atom. The smallest absolute Gasteiger partial charge is 0.255 e. The maximum absolute atomic E-state index is 13.8. The molecule has 0 saturated carbocycles. The second kappa shape index (κ2) is 8.19. The molecule has 25 heavy (non-hydrogen) atoms. The van der Waals surface area contributed by atoms with Crippen molar-refractivity contribution in [2.75, 3.05) is 25.6 Å². The van der Waals surface area contributed by atoms with Crippen LogP contribution in [0.5, 0.6) is 0 Å². The number of carbonyl (C=O) groups excluding carboxylic acids is 1. The molecule has 0 heterocycles. The summed E-state index contributed by atoms with van der Waals surface area (Å²) in [4.78, 5) is 12.2. The van der Waals surface area contributed by atoms with Gasteiger partial charge in [-0.25, -0.2) is 17.5 Å². The van der Waals surface area contributed by atoms with E-state index >= 15 is 0 Å². The van der Waals surface area contributed by atoms with Crippen LogP contribution in [0.3, 0.4) is 0 Å². The van der Waals surface area contributed by atoms with Gasteiger partial charge in [0.15, 0.2) is 0 Å². The number of aryl methyl sites for hydroxylation is 1. The summed E-state index contributed by atoms with van der Waals surface area (Å²) in [5.41, 5.74) is 1.02. The number of methoxy groups -OCH3 is 1. The quantitative estimate of drug-likeness (QED) is 0.737. The van der Waals surface area contributed by atoms with Gasteiger partial charge in [-0.05, 0) is 48.9 Å². The van der Waals surface area contributed by atoms with Crippen LogP contribution in [0.25, 0.3) is 0 Å². The minimum Gasteiger partial charge on any atom is -0.383 e. The first-order chi connectivity index (χ1) is 11.8. The van der Waals surface area contributed by atoms with Crippen molar-refractivity contribution in [1.29, 1.82) is 0 Å². The molecule has 134 valence electrons. The van der Waals surface area contributed by atoms with Crippen LogP contribution >= 0.6 is 0 Å². The summed E-state index contributed by atoms with van der Waals surface area (Å²) in [6.07, 6.45) is 0. The van der Waals surface area contributed by atoms with Crippen molar-refractivity contribution in [2.24, 2.45) is 0 Å². The molecular weight excluding hydrogens is 347 g/mol. The zero-order valence-corrected chi connectivity index (χ0v) is 14.7. The molecule has 0 saturated heterocycles. The topological polar surface area (TPSA) is 84.5 Å². The Labute approximate surface area is 146 Å². The summed E-state index contributed by atoms with van der Waals surface area (Å²) < 4.78 is 45.0. The van der Waals surface area contributed by atoms with Crippen molar-refractivity contribution in [3.63, 3.8) is 0 Å². The zero-order valence-electron chi connectivity index (χ0n) is 13.9. The molecular formula is C17H19FN2O4S. The van der Waals surface area contributed by atoms with Crippen LogP contribution in [0.2, 0.25) is 0 Å². The number of hydrogen-bond acceptors (Lipinski definition) is 4. The number of sulfonamides is 1. The van der Waals surface area contributed by atoms with Crippen molar-refractivity contribution in [2.45, 2.75) is 11.8 Å². The van der Waals surface area contributed by atoms with E-state index < -0.39 is 21.7 Å². The maximum atomic E-state index is 13.8. The molecule has 8 heteroatoms. The summed E-state index contributed by atoms with van der Waals surface area (Å²) in [6, 6.07) is 9.84. The first kappa shape index (κ1) is 19.0. The van der Waals surface area contributed by atoms with Crippen LogP contribution in [-0.4, -0.2) is 34.6 Å². The molecule has 2 rings (SSSR count). The molecule has 2 aromatic carbocycles. The summed E-state index contributed by atoms with van der Waals surface area (Å²) in [7, 11) is -2.20. The van der Waals surface area contributed by atoms with Gasteiger partial charge in [0, 0.05) is 19.2 Å². The van der Waals surface area contributed by atoms with Gasteiger partial charge in [0.05, 0.1) is 17.2 Å². The fourth-order valence-electron chi connectivity index (χ4n) is 2.06. The molecule has 0 aliphatic rings. The molecule has 0 unspecified atom stereocenters. The predicted octanol–water partition coefficient (Wildman–Crippen LogP) is 2.31.